The van der Waals surface area contributed by atoms with Gasteiger partial charge < -0.3 is 9.64 Å². The molecule has 0 radical (unpaired) electrons. The summed E-state index contributed by atoms with van der Waals surface area (Å²) in [6.45, 7) is 2.77. The number of hydrogen-bond donors (Lipinski definition) is 0. The molecule has 0 saturated heterocycles. The summed E-state index contributed by atoms with van der Waals surface area (Å²) in [4.78, 5) is 2.26. The van der Waals surface area contributed by atoms with Crippen LogP contribution in [0.25, 0.3) is 0 Å². The molecule has 0 aromatic heterocycles. The van der Waals surface area contributed by atoms with Crippen LogP contribution in [0.4, 0.5) is 0 Å². The first-order valence-corrected chi connectivity index (χ1v) is 5.57. The molecule has 1 aromatic rings. The maximum absolute atomic E-state index is 5.61. The van der Waals surface area contributed by atoms with Gasteiger partial charge in [0.15, 0.2) is 0 Å². The van der Waals surface area contributed by atoms with Crippen molar-refractivity contribution in [1.82, 2.24) is 4.90 Å². The third kappa shape index (κ3) is 2.58. The predicted molar refractivity (Wildman–Crippen MR) is 62.0 cm³/mol. The molecule has 2 nitrogen and oxygen atoms in total. The van der Waals surface area contributed by atoms with Gasteiger partial charge in [0.05, 0.1) is 6.61 Å². The number of benzene rings is 1. The van der Waals surface area contributed by atoms with Crippen LogP contribution in [-0.2, 0) is 11.3 Å². The molecule has 0 saturated carbocycles. The molecule has 2 rings (SSSR count). The lowest BCUT2D eigenvalue weighted by molar-refractivity contribution is 0.120. The molecule has 15 heavy (non-hydrogen) atoms. The molecule has 0 spiro atoms. The first kappa shape index (κ1) is 10.7. The Kier molecular flexibility index (Phi) is 3.39. The van der Waals surface area contributed by atoms with E-state index < -0.39 is 0 Å². The van der Waals surface area contributed by atoms with Crippen molar-refractivity contribution >= 4 is 0 Å². The van der Waals surface area contributed by atoms with Crippen molar-refractivity contribution in [2.24, 2.45) is 0 Å². The fraction of sp³-hybridized carbons (Fsp3) is 0.538. The van der Waals surface area contributed by atoms with Gasteiger partial charge in [-0.25, -0.2) is 0 Å². The van der Waals surface area contributed by atoms with Crippen LogP contribution < -0.4 is 0 Å². The molecule has 1 heterocycles. The summed E-state index contributed by atoms with van der Waals surface area (Å²) in [5, 5.41) is 0. The van der Waals surface area contributed by atoms with E-state index in [9.17, 15) is 0 Å². The summed E-state index contributed by atoms with van der Waals surface area (Å²) in [7, 11) is 4.27. The van der Waals surface area contributed by atoms with E-state index in [1.54, 1.807) is 0 Å². The van der Waals surface area contributed by atoms with Crippen LogP contribution in [0.15, 0.2) is 24.3 Å². The monoisotopic (exact) mass is 205 g/mol. The van der Waals surface area contributed by atoms with Crippen molar-refractivity contribution < 1.29 is 4.74 Å². The highest BCUT2D eigenvalue weighted by molar-refractivity contribution is 5.30. The fourth-order valence-electron chi connectivity index (χ4n) is 2.26. The number of fused-ring (bicyclic) bond motifs is 1. The van der Waals surface area contributed by atoms with Crippen molar-refractivity contribution in [2.45, 2.75) is 18.9 Å². The van der Waals surface area contributed by atoms with Crippen molar-refractivity contribution in [1.29, 1.82) is 0 Å². The van der Waals surface area contributed by atoms with Gasteiger partial charge in [-0.2, -0.15) is 0 Å². The zero-order chi connectivity index (χ0) is 10.7. The van der Waals surface area contributed by atoms with E-state index in [1.807, 2.05) is 0 Å². The molecule has 0 amide bonds. The lowest BCUT2D eigenvalue weighted by Crippen LogP contribution is -2.21. The van der Waals surface area contributed by atoms with Crippen LogP contribution in [0.2, 0.25) is 0 Å². The summed E-state index contributed by atoms with van der Waals surface area (Å²) < 4.78 is 5.61. The Morgan fingerprint density at radius 3 is 2.93 bits per heavy atom. The van der Waals surface area contributed by atoms with Gasteiger partial charge in [0.2, 0.25) is 0 Å². The Morgan fingerprint density at radius 1 is 1.33 bits per heavy atom. The minimum atomic E-state index is 0.624. The minimum absolute atomic E-state index is 0.624. The molecule has 1 aliphatic heterocycles. The van der Waals surface area contributed by atoms with E-state index in [-0.39, 0.29) is 0 Å². The van der Waals surface area contributed by atoms with Gasteiger partial charge in [-0.1, -0.05) is 24.3 Å². The summed E-state index contributed by atoms with van der Waals surface area (Å²) in [5.74, 6) is 0.624. The van der Waals surface area contributed by atoms with Crippen LogP contribution in [-0.4, -0.2) is 32.1 Å². The molecule has 0 bridgehead atoms. The van der Waals surface area contributed by atoms with Crippen molar-refractivity contribution in [3.05, 3.63) is 35.4 Å². The van der Waals surface area contributed by atoms with Gasteiger partial charge in [0.1, 0.15) is 0 Å². The maximum Gasteiger partial charge on any atom is 0.0719 e. The van der Waals surface area contributed by atoms with E-state index in [0.29, 0.717) is 5.92 Å². The van der Waals surface area contributed by atoms with Gasteiger partial charge in [-0.05, 0) is 37.6 Å². The van der Waals surface area contributed by atoms with Crippen LogP contribution >= 0.6 is 0 Å². The number of hydrogen-bond acceptors (Lipinski definition) is 2. The second kappa shape index (κ2) is 4.77. The highest BCUT2D eigenvalue weighted by Crippen LogP contribution is 2.27. The SMILES string of the molecule is CN(C)CC1CCOCc2ccccc21. The van der Waals surface area contributed by atoms with Crippen LogP contribution in [0, 0.1) is 0 Å². The number of likely N-dealkylation sites (N-methyl/N-ethyl adjacent to an activating group) is 1. The number of ether oxygens (including phenoxy) is 1. The third-order valence-corrected chi connectivity index (χ3v) is 2.95. The van der Waals surface area contributed by atoms with Gasteiger partial charge >= 0.3 is 0 Å². The summed E-state index contributed by atoms with van der Waals surface area (Å²) in [6.07, 6.45) is 1.13. The van der Waals surface area contributed by atoms with E-state index in [1.165, 1.54) is 11.1 Å². The highest BCUT2D eigenvalue weighted by Gasteiger charge is 2.18. The third-order valence-electron chi connectivity index (χ3n) is 2.95. The van der Waals surface area contributed by atoms with E-state index in [0.717, 1.165) is 26.2 Å². The smallest absolute Gasteiger partial charge is 0.0719 e. The Balaban J connectivity index is 2.24. The minimum Gasteiger partial charge on any atom is -0.377 e. The highest BCUT2D eigenvalue weighted by atomic mass is 16.5. The topological polar surface area (TPSA) is 12.5 Å². The zero-order valence-electron chi connectivity index (χ0n) is 9.57. The predicted octanol–water partition coefficient (Wildman–Crippen LogP) is 2.25. The fourth-order valence-corrected chi connectivity index (χ4v) is 2.26. The average molecular weight is 205 g/mol. The van der Waals surface area contributed by atoms with E-state index >= 15 is 0 Å². The first-order chi connectivity index (χ1) is 7.27. The second-order valence-electron chi connectivity index (χ2n) is 4.50. The Hall–Kier alpha value is -0.860. The van der Waals surface area contributed by atoms with Crippen molar-refractivity contribution in [3.8, 4) is 0 Å². The zero-order valence-corrected chi connectivity index (χ0v) is 9.57. The van der Waals surface area contributed by atoms with Gasteiger partial charge in [-0.3, -0.25) is 0 Å². The Bertz CT molecular complexity index is 322. The van der Waals surface area contributed by atoms with Gasteiger partial charge in [0.25, 0.3) is 0 Å². The largest absolute Gasteiger partial charge is 0.377 e. The van der Waals surface area contributed by atoms with Crippen LogP contribution in [0.1, 0.15) is 23.5 Å². The molecule has 1 aromatic carbocycles. The quantitative estimate of drug-likeness (QED) is 0.734. The lowest BCUT2D eigenvalue weighted by Gasteiger charge is -2.20. The molecular weight excluding hydrogens is 186 g/mol. The van der Waals surface area contributed by atoms with E-state index in [4.69, 9.17) is 4.74 Å². The first-order valence-electron chi connectivity index (χ1n) is 5.57. The molecule has 2 heteroatoms. The number of rotatable bonds is 2. The molecule has 1 aliphatic rings. The molecule has 0 aliphatic carbocycles. The average Bonchev–Trinajstić information content (AvgIpc) is 2.41. The maximum atomic E-state index is 5.61. The summed E-state index contributed by atoms with van der Waals surface area (Å²) in [6, 6.07) is 8.66. The van der Waals surface area contributed by atoms with Crippen LogP contribution in [0.3, 0.4) is 0 Å². The number of nitrogens with zero attached hydrogens (tertiary/aromatic N) is 1. The van der Waals surface area contributed by atoms with Crippen molar-refractivity contribution in [2.75, 3.05) is 27.2 Å². The van der Waals surface area contributed by atoms with Gasteiger partial charge in [0, 0.05) is 13.2 Å². The van der Waals surface area contributed by atoms with Gasteiger partial charge in [-0.15, -0.1) is 0 Å². The molecule has 82 valence electrons. The summed E-state index contributed by atoms with van der Waals surface area (Å²) in [5.41, 5.74) is 2.84. The lowest BCUT2D eigenvalue weighted by atomic mass is 9.92. The van der Waals surface area contributed by atoms with Crippen LogP contribution in [0.5, 0.6) is 0 Å². The Labute approximate surface area is 91.9 Å². The molecule has 0 fully saturated rings. The second-order valence-corrected chi connectivity index (χ2v) is 4.50. The Morgan fingerprint density at radius 2 is 2.13 bits per heavy atom. The standard InChI is InChI=1S/C13H19NO/c1-14(2)9-11-7-8-15-10-12-5-3-4-6-13(11)12/h3-6,11H,7-10H2,1-2H3. The molecular formula is C13H19NO. The molecule has 0 N–H and O–H groups in total. The van der Waals surface area contributed by atoms with E-state index in [2.05, 4.69) is 43.3 Å². The summed E-state index contributed by atoms with van der Waals surface area (Å²) >= 11 is 0. The normalized spacial score (nSPS) is 21.1. The molecule has 1 unspecified atom stereocenters. The van der Waals surface area contributed by atoms with Crippen molar-refractivity contribution in [3.63, 3.8) is 0 Å². The molecule has 1 atom stereocenters.